The van der Waals surface area contributed by atoms with Crippen LogP contribution in [0, 0.1) is 30.5 Å². The third-order valence-corrected chi connectivity index (χ3v) is 5.85. The van der Waals surface area contributed by atoms with Crippen molar-refractivity contribution in [3.63, 3.8) is 0 Å². The zero-order valence-corrected chi connectivity index (χ0v) is 13.4. The van der Waals surface area contributed by atoms with Gasteiger partial charge in [-0.25, -0.2) is 4.39 Å². The van der Waals surface area contributed by atoms with Crippen LogP contribution in [0.15, 0.2) is 18.2 Å². The summed E-state index contributed by atoms with van der Waals surface area (Å²) in [5.74, 6) is 2.38. The summed E-state index contributed by atoms with van der Waals surface area (Å²) in [6.07, 6.45) is 9.53. The lowest BCUT2D eigenvalue weighted by Crippen LogP contribution is -2.34. The molecule has 1 aromatic carbocycles. The second-order valence-corrected chi connectivity index (χ2v) is 7.17. The number of hydrogen-bond donors (Lipinski definition) is 1. The Morgan fingerprint density at radius 2 is 1.86 bits per heavy atom. The van der Waals surface area contributed by atoms with Crippen molar-refractivity contribution in [2.24, 2.45) is 17.8 Å². The maximum Gasteiger partial charge on any atom is 0.128 e. The number of aryl methyl sites for hydroxylation is 1. The van der Waals surface area contributed by atoms with E-state index in [2.05, 4.69) is 5.32 Å². The largest absolute Gasteiger partial charge is 0.313 e. The molecule has 0 heterocycles. The van der Waals surface area contributed by atoms with Crippen molar-refractivity contribution in [3.05, 3.63) is 35.1 Å². The molecule has 4 atom stereocenters. The lowest BCUT2D eigenvalue weighted by molar-refractivity contribution is 0.110. The Labute approximate surface area is 128 Å². The van der Waals surface area contributed by atoms with Crippen molar-refractivity contribution in [1.29, 1.82) is 0 Å². The van der Waals surface area contributed by atoms with Crippen LogP contribution in [-0.4, -0.2) is 7.05 Å². The van der Waals surface area contributed by atoms with Crippen molar-refractivity contribution in [2.75, 3.05) is 7.05 Å². The number of hydrogen-bond acceptors (Lipinski definition) is 1. The Balaban J connectivity index is 1.78. The molecule has 1 N–H and O–H groups in total. The predicted octanol–water partition coefficient (Wildman–Crippen LogP) is 5.00. The number of benzene rings is 1. The van der Waals surface area contributed by atoms with Gasteiger partial charge in [-0.3, -0.25) is 0 Å². The van der Waals surface area contributed by atoms with Gasteiger partial charge in [0.1, 0.15) is 5.82 Å². The van der Waals surface area contributed by atoms with Crippen molar-refractivity contribution in [1.82, 2.24) is 5.32 Å². The first kappa shape index (κ1) is 15.0. The Hall–Kier alpha value is -0.890. The van der Waals surface area contributed by atoms with Crippen LogP contribution in [0.1, 0.15) is 62.1 Å². The monoisotopic (exact) mass is 289 g/mol. The number of fused-ring (bicyclic) bond motifs is 1. The van der Waals surface area contributed by atoms with E-state index in [-0.39, 0.29) is 11.9 Å². The van der Waals surface area contributed by atoms with Gasteiger partial charge in [-0.2, -0.15) is 0 Å². The van der Waals surface area contributed by atoms with Gasteiger partial charge in [0.25, 0.3) is 0 Å². The number of halogens is 1. The average Bonchev–Trinajstić information content (AvgIpc) is 2.51. The Bertz CT molecular complexity index is 484. The predicted molar refractivity (Wildman–Crippen MR) is 85.7 cm³/mol. The van der Waals surface area contributed by atoms with Gasteiger partial charge in [0, 0.05) is 11.6 Å². The molecule has 0 aromatic heterocycles. The van der Waals surface area contributed by atoms with Gasteiger partial charge >= 0.3 is 0 Å². The fraction of sp³-hybridized carbons (Fsp3) is 0.684. The van der Waals surface area contributed by atoms with Crippen LogP contribution in [0.3, 0.4) is 0 Å². The smallest absolute Gasteiger partial charge is 0.128 e. The standard InChI is InChI=1S/C19H28FN/c1-13-7-10-18(20)17(11-13)19(21-2)16-9-8-14-5-3-4-6-15(14)12-16/h7,10-11,14-16,19,21H,3-6,8-9,12H2,1-2H3. The van der Waals surface area contributed by atoms with Crippen LogP contribution in [0.5, 0.6) is 0 Å². The summed E-state index contributed by atoms with van der Waals surface area (Å²) in [5.41, 5.74) is 2.02. The van der Waals surface area contributed by atoms with Gasteiger partial charge in [0.15, 0.2) is 0 Å². The van der Waals surface area contributed by atoms with Crippen molar-refractivity contribution >= 4 is 0 Å². The van der Waals surface area contributed by atoms with Gasteiger partial charge in [-0.15, -0.1) is 0 Å². The summed E-state index contributed by atoms with van der Waals surface area (Å²) < 4.78 is 14.3. The molecule has 116 valence electrons. The van der Waals surface area contributed by atoms with E-state index in [9.17, 15) is 4.39 Å². The molecule has 3 rings (SSSR count). The zero-order valence-electron chi connectivity index (χ0n) is 13.4. The molecule has 1 nitrogen and oxygen atoms in total. The molecule has 2 saturated carbocycles. The van der Waals surface area contributed by atoms with Gasteiger partial charge < -0.3 is 5.32 Å². The molecule has 0 saturated heterocycles. The van der Waals surface area contributed by atoms with E-state index in [0.717, 1.165) is 23.0 Å². The number of nitrogens with one attached hydrogen (secondary N) is 1. The second kappa shape index (κ2) is 6.48. The van der Waals surface area contributed by atoms with Gasteiger partial charge in [0.2, 0.25) is 0 Å². The molecule has 0 bridgehead atoms. The van der Waals surface area contributed by atoms with Gasteiger partial charge in [0.05, 0.1) is 0 Å². The highest BCUT2D eigenvalue weighted by Gasteiger charge is 2.36. The third kappa shape index (κ3) is 3.15. The van der Waals surface area contributed by atoms with Crippen molar-refractivity contribution in [2.45, 2.75) is 57.9 Å². The summed E-state index contributed by atoms with van der Waals surface area (Å²) in [6.45, 7) is 2.05. The third-order valence-electron chi connectivity index (χ3n) is 5.85. The molecule has 4 unspecified atom stereocenters. The molecular weight excluding hydrogens is 261 g/mol. The van der Waals surface area contributed by atoms with Gasteiger partial charge in [-0.05, 0) is 57.1 Å². The minimum Gasteiger partial charge on any atom is -0.313 e. The number of rotatable bonds is 3. The molecule has 0 aliphatic heterocycles. The molecule has 2 heteroatoms. The Kier molecular flexibility index (Phi) is 4.63. The molecular formula is C19H28FN. The first-order chi connectivity index (χ1) is 10.2. The van der Waals surface area contributed by atoms with E-state index in [1.807, 2.05) is 26.1 Å². The lowest BCUT2D eigenvalue weighted by Gasteiger charge is -2.42. The van der Waals surface area contributed by atoms with Crippen molar-refractivity contribution < 1.29 is 4.39 Å². The Morgan fingerprint density at radius 1 is 1.10 bits per heavy atom. The highest BCUT2D eigenvalue weighted by atomic mass is 19.1. The molecule has 2 aliphatic carbocycles. The van der Waals surface area contributed by atoms with Crippen LogP contribution < -0.4 is 5.32 Å². The summed E-state index contributed by atoms with van der Waals surface area (Å²) in [6, 6.07) is 5.70. The van der Waals surface area contributed by atoms with Crippen LogP contribution in [0.2, 0.25) is 0 Å². The van der Waals surface area contributed by atoms with E-state index >= 15 is 0 Å². The SMILES string of the molecule is CNC(c1cc(C)ccc1F)C1CCC2CCCCC2C1. The zero-order chi connectivity index (χ0) is 14.8. The van der Waals surface area contributed by atoms with E-state index in [1.165, 1.54) is 44.9 Å². The topological polar surface area (TPSA) is 12.0 Å². The molecule has 1 aromatic rings. The van der Waals surface area contributed by atoms with E-state index in [0.29, 0.717) is 5.92 Å². The van der Waals surface area contributed by atoms with E-state index < -0.39 is 0 Å². The molecule has 2 aliphatic rings. The fourth-order valence-electron chi connectivity index (χ4n) is 4.76. The molecule has 2 fully saturated rings. The maximum atomic E-state index is 14.3. The van der Waals surface area contributed by atoms with E-state index in [4.69, 9.17) is 0 Å². The Morgan fingerprint density at radius 3 is 2.62 bits per heavy atom. The molecule has 0 spiro atoms. The van der Waals surface area contributed by atoms with Crippen LogP contribution in [-0.2, 0) is 0 Å². The quantitative estimate of drug-likeness (QED) is 0.825. The molecule has 0 amide bonds. The lowest BCUT2D eigenvalue weighted by atomic mass is 9.65. The van der Waals surface area contributed by atoms with E-state index in [1.54, 1.807) is 6.07 Å². The average molecular weight is 289 g/mol. The van der Waals surface area contributed by atoms with Gasteiger partial charge in [-0.1, -0.05) is 43.4 Å². The summed E-state index contributed by atoms with van der Waals surface area (Å²) in [5, 5.41) is 3.41. The summed E-state index contributed by atoms with van der Waals surface area (Å²) >= 11 is 0. The fourth-order valence-corrected chi connectivity index (χ4v) is 4.76. The first-order valence-electron chi connectivity index (χ1n) is 8.62. The summed E-state index contributed by atoms with van der Waals surface area (Å²) in [7, 11) is 1.99. The van der Waals surface area contributed by atoms with Crippen LogP contribution >= 0.6 is 0 Å². The normalized spacial score (nSPS) is 30.7. The highest BCUT2D eigenvalue weighted by Crippen LogP contribution is 2.46. The minimum absolute atomic E-state index is 0.0503. The van der Waals surface area contributed by atoms with Crippen molar-refractivity contribution in [3.8, 4) is 0 Å². The summed E-state index contributed by atoms with van der Waals surface area (Å²) in [4.78, 5) is 0. The van der Waals surface area contributed by atoms with Crippen LogP contribution in [0.4, 0.5) is 4.39 Å². The molecule has 21 heavy (non-hydrogen) atoms. The van der Waals surface area contributed by atoms with Crippen LogP contribution in [0.25, 0.3) is 0 Å². The molecule has 0 radical (unpaired) electrons. The second-order valence-electron chi connectivity index (χ2n) is 7.17. The minimum atomic E-state index is -0.0503. The first-order valence-corrected chi connectivity index (χ1v) is 8.62. The highest BCUT2D eigenvalue weighted by molar-refractivity contribution is 5.27. The maximum absolute atomic E-state index is 14.3.